The molecule has 8 heteroatoms. The molecule has 3 rings (SSSR count). The van der Waals surface area contributed by atoms with Gasteiger partial charge in [0.25, 0.3) is 5.91 Å². The summed E-state index contributed by atoms with van der Waals surface area (Å²) in [6, 6.07) is 21.8. The van der Waals surface area contributed by atoms with Crippen molar-refractivity contribution in [2.24, 2.45) is 10.7 Å². The summed E-state index contributed by atoms with van der Waals surface area (Å²) < 4.78 is 11.6. The van der Waals surface area contributed by atoms with Crippen LogP contribution in [0.4, 0.5) is 5.69 Å². The number of nitrogen functional groups attached to an aromatic ring is 1. The third kappa shape index (κ3) is 7.41. The first-order chi connectivity index (χ1) is 16.9. The van der Waals surface area contributed by atoms with E-state index in [1.54, 1.807) is 42.5 Å². The summed E-state index contributed by atoms with van der Waals surface area (Å²) in [6.45, 7) is 6.66. The predicted molar refractivity (Wildman–Crippen MR) is 138 cm³/mol. The molecule has 182 valence electrons. The zero-order valence-electron chi connectivity index (χ0n) is 20.2. The van der Waals surface area contributed by atoms with Gasteiger partial charge in [-0.3, -0.25) is 15.6 Å². The number of aliphatic imine (C=N–C) groups is 1. The van der Waals surface area contributed by atoms with Crippen LogP contribution in [0.25, 0.3) is 0 Å². The molecule has 0 aliphatic carbocycles. The van der Waals surface area contributed by atoms with Crippen molar-refractivity contribution in [1.82, 2.24) is 10.9 Å². The maximum atomic E-state index is 13.2. The van der Waals surface area contributed by atoms with Crippen LogP contribution in [0.5, 0.6) is 11.5 Å². The lowest BCUT2D eigenvalue weighted by atomic mass is 10.1. The molecule has 5 N–H and O–H groups in total. The highest BCUT2D eigenvalue weighted by atomic mass is 16.5. The Hall–Kier alpha value is -4.17. The molecule has 1 amide bonds. The van der Waals surface area contributed by atoms with E-state index in [4.69, 9.17) is 20.6 Å². The Kier molecular flexibility index (Phi) is 8.97. The Labute approximate surface area is 205 Å². The average molecular weight is 474 g/mol. The zero-order chi connectivity index (χ0) is 25.2. The molecule has 8 nitrogen and oxygen atoms in total. The van der Waals surface area contributed by atoms with E-state index in [-0.39, 0.29) is 17.7 Å². The highest BCUT2D eigenvalue weighted by Gasteiger charge is 2.18. The van der Waals surface area contributed by atoms with Crippen molar-refractivity contribution in [3.8, 4) is 11.5 Å². The van der Waals surface area contributed by atoms with Gasteiger partial charge in [-0.05, 0) is 68.8 Å². The van der Waals surface area contributed by atoms with Crippen LogP contribution < -0.4 is 26.1 Å². The van der Waals surface area contributed by atoms with Crippen molar-refractivity contribution in [3.05, 3.63) is 89.5 Å². The SMILES string of the molecule is CCOc1cc(C(=Nc2ccc(C(=N)N)cc2)C(=O)NNCc2ccccc2)ccc1OC(C)C. The summed E-state index contributed by atoms with van der Waals surface area (Å²) >= 11 is 0. The largest absolute Gasteiger partial charge is 0.490 e. The molecule has 0 heterocycles. The fourth-order valence-corrected chi connectivity index (χ4v) is 3.25. The number of nitrogens with one attached hydrogen (secondary N) is 3. The number of hydrogen-bond acceptors (Lipinski definition) is 6. The summed E-state index contributed by atoms with van der Waals surface area (Å²) in [5.74, 6) is 0.684. The van der Waals surface area contributed by atoms with Gasteiger partial charge >= 0.3 is 0 Å². The maximum Gasteiger partial charge on any atom is 0.284 e. The van der Waals surface area contributed by atoms with Crippen LogP contribution in [-0.4, -0.2) is 30.2 Å². The van der Waals surface area contributed by atoms with Gasteiger partial charge in [0, 0.05) is 17.7 Å². The number of amidine groups is 1. The Morgan fingerprint density at radius 3 is 2.31 bits per heavy atom. The molecule has 0 atom stereocenters. The summed E-state index contributed by atoms with van der Waals surface area (Å²) in [5, 5.41) is 7.57. The van der Waals surface area contributed by atoms with Crippen LogP contribution in [0.2, 0.25) is 0 Å². The zero-order valence-corrected chi connectivity index (χ0v) is 20.2. The highest BCUT2D eigenvalue weighted by molar-refractivity contribution is 6.45. The molecule has 0 aliphatic rings. The number of ether oxygens (including phenoxy) is 2. The second-order valence-electron chi connectivity index (χ2n) is 7.98. The Balaban J connectivity index is 1.92. The second kappa shape index (κ2) is 12.3. The fourth-order valence-electron chi connectivity index (χ4n) is 3.25. The number of nitrogens with zero attached hydrogens (tertiary/aromatic N) is 1. The van der Waals surface area contributed by atoms with Gasteiger partial charge in [-0.15, -0.1) is 0 Å². The molecule has 0 bridgehead atoms. The lowest BCUT2D eigenvalue weighted by Crippen LogP contribution is -2.41. The van der Waals surface area contributed by atoms with Gasteiger partial charge in [-0.2, -0.15) is 0 Å². The Morgan fingerprint density at radius 2 is 1.69 bits per heavy atom. The number of nitrogens with two attached hydrogens (primary N) is 1. The summed E-state index contributed by atoms with van der Waals surface area (Å²) in [4.78, 5) is 17.8. The van der Waals surface area contributed by atoms with Crippen molar-refractivity contribution in [2.45, 2.75) is 33.4 Å². The highest BCUT2D eigenvalue weighted by Crippen LogP contribution is 2.30. The minimum absolute atomic E-state index is 0.0292. The van der Waals surface area contributed by atoms with Crippen molar-refractivity contribution in [2.75, 3.05) is 6.61 Å². The number of carbonyl (C=O) groups excluding carboxylic acids is 1. The standard InChI is InChI=1S/C27H31N5O3/c1-4-34-24-16-21(12-15-23(24)35-18(2)3)25(31-22-13-10-20(11-14-22)26(28)29)27(33)32-30-17-19-8-6-5-7-9-19/h5-16,18,30H,4,17H2,1-3H3,(H3,28,29)(H,32,33). The molecule has 0 fully saturated rings. The second-order valence-corrected chi connectivity index (χ2v) is 7.98. The molecule has 0 spiro atoms. The number of benzene rings is 3. The number of hydrazine groups is 1. The van der Waals surface area contributed by atoms with Crippen molar-refractivity contribution < 1.29 is 14.3 Å². The van der Waals surface area contributed by atoms with Crippen molar-refractivity contribution >= 4 is 23.1 Å². The van der Waals surface area contributed by atoms with Gasteiger partial charge in [-0.25, -0.2) is 10.4 Å². The molecule has 0 aliphatic heterocycles. The molecule has 0 radical (unpaired) electrons. The first-order valence-electron chi connectivity index (χ1n) is 11.4. The first-order valence-corrected chi connectivity index (χ1v) is 11.4. The van der Waals surface area contributed by atoms with Crippen LogP contribution in [0.3, 0.4) is 0 Å². The van der Waals surface area contributed by atoms with Crippen LogP contribution >= 0.6 is 0 Å². The summed E-state index contributed by atoms with van der Waals surface area (Å²) in [5.41, 5.74) is 14.2. The lowest BCUT2D eigenvalue weighted by molar-refractivity contribution is -0.115. The van der Waals surface area contributed by atoms with Gasteiger partial charge in [0.1, 0.15) is 11.5 Å². The molecule has 0 aromatic heterocycles. The van der Waals surface area contributed by atoms with E-state index in [2.05, 4.69) is 15.8 Å². The molecule has 0 unspecified atom stereocenters. The van der Waals surface area contributed by atoms with Gasteiger partial charge in [-0.1, -0.05) is 30.3 Å². The number of amides is 1. The van der Waals surface area contributed by atoms with E-state index in [0.29, 0.717) is 41.5 Å². The van der Waals surface area contributed by atoms with E-state index >= 15 is 0 Å². The van der Waals surface area contributed by atoms with Gasteiger partial charge in [0.2, 0.25) is 0 Å². The Bertz CT molecular complexity index is 1180. The predicted octanol–water partition coefficient (Wildman–Crippen LogP) is 4.10. The van der Waals surface area contributed by atoms with Crippen LogP contribution in [0.1, 0.15) is 37.5 Å². The third-order valence-corrected chi connectivity index (χ3v) is 4.85. The summed E-state index contributed by atoms with van der Waals surface area (Å²) in [6.07, 6.45) is -0.0292. The summed E-state index contributed by atoms with van der Waals surface area (Å²) in [7, 11) is 0. The fraction of sp³-hybridized carbons (Fsp3) is 0.222. The molecule has 0 saturated heterocycles. The smallest absolute Gasteiger partial charge is 0.284 e. The quantitative estimate of drug-likeness (QED) is 0.190. The minimum Gasteiger partial charge on any atom is -0.490 e. The molecule has 3 aromatic carbocycles. The lowest BCUT2D eigenvalue weighted by Gasteiger charge is -2.16. The molecule has 0 saturated carbocycles. The normalized spacial score (nSPS) is 11.3. The average Bonchev–Trinajstić information content (AvgIpc) is 2.84. The number of hydrogen-bond donors (Lipinski definition) is 4. The van der Waals surface area contributed by atoms with Crippen LogP contribution in [0, 0.1) is 5.41 Å². The number of carbonyl (C=O) groups is 1. The monoisotopic (exact) mass is 473 g/mol. The maximum absolute atomic E-state index is 13.2. The van der Waals surface area contributed by atoms with E-state index in [9.17, 15) is 4.79 Å². The van der Waals surface area contributed by atoms with Gasteiger partial charge in [0.15, 0.2) is 11.5 Å². The Morgan fingerprint density at radius 1 is 1.00 bits per heavy atom. The van der Waals surface area contributed by atoms with Crippen molar-refractivity contribution in [3.63, 3.8) is 0 Å². The molecule has 35 heavy (non-hydrogen) atoms. The molecular weight excluding hydrogens is 442 g/mol. The van der Waals surface area contributed by atoms with E-state index in [1.165, 1.54) is 0 Å². The van der Waals surface area contributed by atoms with Crippen LogP contribution in [-0.2, 0) is 11.3 Å². The molecule has 3 aromatic rings. The van der Waals surface area contributed by atoms with Crippen molar-refractivity contribution in [1.29, 1.82) is 5.41 Å². The minimum atomic E-state index is -0.406. The van der Waals surface area contributed by atoms with Gasteiger partial charge in [0.05, 0.1) is 18.4 Å². The van der Waals surface area contributed by atoms with Gasteiger partial charge < -0.3 is 15.2 Å². The molecular formula is C27H31N5O3. The first kappa shape index (κ1) is 25.5. The van der Waals surface area contributed by atoms with Crippen LogP contribution in [0.15, 0.2) is 77.8 Å². The number of rotatable bonds is 11. The third-order valence-electron chi connectivity index (χ3n) is 4.85. The van der Waals surface area contributed by atoms with E-state index < -0.39 is 5.91 Å². The topological polar surface area (TPSA) is 122 Å². The van der Waals surface area contributed by atoms with E-state index in [1.807, 2.05) is 51.1 Å². The van der Waals surface area contributed by atoms with E-state index in [0.717, 1.165) is 5.56 Å².